The minimum Gasteiger partial charge on any atom is -0.340 e. The summed E-state index contributed by atoms with van der Waals surface area (Å²) in [6.07, 6.45) is 2.06. The number of hydrogen-bond acceptors (Lipinski definition) is 4. The van der Waals surface area contributed by atoms with Gasteiger partial charge in [0.2, 0.25) is 11.8 Å². The van der Waals surface area contributed by atoms with Gasteiger partial charge < -0.3 is 10.2 Å². The molecular formula is C18H22N4O2. The molecule has 0 unspecified atom stereocenters. The van der Waals surface area contributed by atoms with Crippen LogP contribution >= 0.6 is 0 Å². The molecule has 0 bridgehead atoms. The van der Waals surface area contributed by atoms with Gasteiger partial charge in [-0.1, -0.05) is 0 Å². The van der Waals surface area contributed by atoms with Crippen LogP contribution < -0.4 is 5.32 Å². The van der Waals surface area contributed by atoms with Crippen molar-refractivity contribution >= 4 is 17.5 Å². The molecule has 6 heteroatoms. The normalized spacial score (nSPS) is 19.4. The number of nitrogens with zero attached hydrogens (tertiary/aromatic N) is 3. The Hall–Kier alpha value is -2.39. The maximum atomic E-state index is 12.4. The van der Waals surface area contributed by atoms with Gasteiger partial charge in [0.05, 0.1) is 17.7 Å². The number of amides is 2. The number of benzene rings is 1. The molecule has 1 aliphatic carbocycles. The Morgan fingerprint density at radius 3 is 2.33 bits per heavy atom. The van der Waals surface area contributed by atoms with Gasteiger partial charge in [-0.15, -0.1) is 0 Å². The summed E-state index contributed by atoms with van der Waals surface area (Å²) in [5, 5.41) is 11.7. The quantitative estimate of drug-likeness (QED) is 0.908. The molecule has 1 N–H and O–H groups in total. The Morgan fingerprint density at radius 1 is 1.17 bits per heavy atom. The minimum atomic E-state index is -0.251. The molecule has 1 heterocycles. The van der Waals surface area contributed by atoms with Crippen LogP contribution in [0.5, 0.6) is 0 Å². The molecule has 2 amide bonds. The number of anilines is 1. The fourth-order valence-electron chi connectivity index (χ4n) is 2.96. The molecule has 2 aliphatic rings. The van der Waals surface area contributed by atoms with Crippen molar-refractivity contribution < 1.29 is 9.59 Å². The summed E-state index contributed by atoms with van der Waals surface area (Å²) >= 11 is 0. The summed E-state index contributed by atoms with van der Waals surface area (Å²) in [6.45, 7) is 4.73. The first-order valence-electron chi connectivity index (χ1n) is 8.42. The van der Waals surface area contributed by atoms with Crippen LogP contribution in [0.15, 0.2) is 24.3 Å². The van der Waals surface area contributed by atoms with Gasteiger partial charge in [0.15, 0.2) is 0 Å². The highest BCUT2D eigenvalue weighted by atomic mass is 16.2. The van der Waals surface area contributed by atoms with Gasteiger partial charge in [-0.3, -0.25) is 14.5 Å². The lowest BCUT2D eigenvalue weighted by Crippen LogP contribution is -2.54. The third-order valence-electron chi connectivity index (χ3n) is 4.76. The summed E-state index contributed by atoms with van der Waals surface area (Å²) < 4.78 is 0. The number of carbonyl (C=O) groups is 2. The van der Waals surface area contributed by atoms with Gasteiger partial charge in [0.1, 0.15) is 0 Å². The first-order chi connectivity index (χ1) is 11.6. The second kappa shape index (κ2) is 7.02. The van der Waals surface area contributed by atoms with Crippen LogP contribution in [-0.4, -0.2) is 53.8 Å². The van der Waals surface area contributed by atoms with Crippen molar-refractivity contribution in [2.24, 2.45) is 5.92 Å². The molecule has 1 aromatic rings. The molecule has 1 saturated heterocycles. The van der Waals surface area contributed by atoms with Crippen LogP contribution in [0, 0.1) is 17.2 Å². The molecule has 0 spiro atoms. The van der Waals surface area contributed by atoms with Gasteiger partial charge in [0.25, 0.3) is 0 Å². The van der Waals surface area contributed by atoms with Crippen LogP contribution in [0.1, 0.15) is 25.3 Å². The SMILES string of the molecule is C[C@H](C(=O)Nc1ccc(C#N)cc1)N1CCN(C(=O)C2CC2)CC1. The average Bonchev–Trinajstić information content (AvgIpc) is 3.46. The fourth-order valence-corrected chi connectivity index (χ4v) is 2.96. The molecule has 126 valence electrons. The molecule has 1 aliphatic heterocycles. The number of rotatable bonds is 4. The predicted molar refractivity (Wildman–Crippen MR) is 90.1 cm³/mol. The molecule has 1 aromatic carbocycles. The highest BCUT2D eigenvalue weighted by Gasteiger charge is 2.35. The zero-order chi connectivity index (χ0) is 17.1. The summed E-state index contributed by atoms with van der Waals surface area (Å²) in [6, 6.07) is 8.63. The van der Waals surface area contributed by atoms with E-state index in [1.54, 1.807) is 24.3 Å². The maximum absolute atomic E-state index is 12.4. The highest BCUT2D eigenvalue weighted by molar-refractivity contribution is 5.94. The zero-order valence-electron chi connectivity index (χ0n) is 13.9. The number of nitrogens with one attached hydrogen (secondary N) is 1. The van der Waals surface area contributed by atoms with E-state index in [9.17, 15) is 9.59 Å². The monoisotopic (exact) mass is 326 g/mol. The first-order valence-corrected chi connectivity index (χ1v) is 8.42. The molecular weight excluding hydrogens is 304 g/mol. The summed E-state index contributed by atoms with van der Waals surface area (Å²) in [5.74, 6) is 0.472. The molecule has 24 heavy (non-hydrogen) atoms. The van der Waals surface area contributed by atoms with Gasteiger partial charge >= 0.3 is 0 Å². The van der Waals surface area contributed by atoms with Crippen LogP contribution in [0.4, 0.5) is 5.69 Å². The van der Waals surface area contributed by atoms with Crippen molar-refractivity contribution in [2.75, 3.05) is 31.5 Å². The lowest BCUT2D eigenvalue weighted by molar-refractivity contribution is -0.135. The van der Waals surface area contributed by atoms with E-state index in [-0.39, 0.29) is 23.8 Å². The van der Waals surface area contributed by atoms with E-state index in [1.807, 2.05) is 11.8 Å². The third-order valence-corrected chi connectivity index (χ3v) is 4.76. The van der Waals surface area contributed by atoms with Crippen molar-refractivity contribution in [1.82, 2.24) is 9.80 Å². The molecule has 0 radical (unpaired) electrons. The molecule has 1 saturated carbocycles. The number of piperazine rings is 1. The van der Waals surface area contributed by atoms with Gasteiger partial charge in [0, 0.05) is 37.8 Å². The maximum Gasteiger partial charge on any atom is 0.241 e. The highest BCUT2D eigenvalue weighted by Crippen LogP contribution is 2.31. The van der Waals surface area contributed by atoms with Crippen molar-refractivity contribution in [2.45, 2.75) is 25.8 Å². The number of carbonyl (C=O) groups excluding carboxylic acids is 2. The van der Waals surface area contributed by atoms with Gasteiger partial charge in [-0.25, -0.2) is 0 Å². The van der Waals surface area contributed by atoms with Crippen molar-refractivity contribution in [3.63, 3.8) is 0 Å². The van der Waals surface area contributed by atoms with Crippen LogP contribution in [0.3, 0.4) is 0 Å². The molecule has 2 fully saturated rings. The average molecular weight is 326 g/mol. The molecule has 3 rings (SSSR count). The van der Waals surface area contributed by atoms with Gasteiger partial charge in [-0.05, 0) is 44.0 Å². The Labute approximate surface area is 142 Å². The van der Waals surface area contributed by atoms with E-state index < -0.39 is 0 Å². The number of hydrogen-bond donors (Lipinski definition) is 1. The van der Waals surface area contributed by atoms with E-state index >= 15 is 0 Å². The van der Waals surface area contributed by atoms with Crippen LogP contribution in [0.2, 0.25) is 0 Å². The molecule has 1 atom stereocenters. The number of nitriles is 1. The van der Waals surface area contributed by atoms with Crippen molar-refractivity contribution in [3.8, 4) is 6.07 Å². The second-order valence-corrected chi connectivity index (χ2v) is 6.49. The van der Waals surface area contributed by atoms with E-state index in [0.29, 0.717) is 24.3 Å². The molecule has 0 aromatic heterocycles. The Kier molecular flexibility index (Phi) is 4.81. The Bertz CT molecular complexity index is 653. The summed E-state index contributed by atoms with van der Waals surface area (Å²) in [5.41, 5.74) is 1.26. The van der Waals surface area contributed by atoms with Crippen LogP contribution in [0.25, 0.3) is 0 Å². The predicted octanol–water partition coefficient (Wildman–Crippen LogP) is 1.44. The fraction of sp³-hybridized carbons (Fsp3) is 0.500. The Balaban J connectivity index is 1.50. The smallest absolute Gasteiger partial charge is 0.241 e. The summed E-state index contributed by atoms with van der Waals surface area (Å²) in [4.78, 5) is 28.5. The van der Waals surface area contributed by atoms with Crippen molar-refractivity contribution in [3.05, 3.63) is 29.8 Å². The van der Waals surface area contributed by atoms with Crippen LogP contribution in [-0.2, 0) is 9.59 Å². The largest absolute Gasteiger partial charge is 0.340 e. The lowest BCUT2D eigenvalue weighted by atomic mass is 10.2. The second-order valence-electron chi connectivity index (χ2n) is 6.49. The zero-order valence-corrected chi connectivity index (χ0v) is 13.9. The third kappa shape index (κ3) is 3.74. The van der Waals surface area contributed by atoms with E-state index in [4.69, 9.17) is 5.26 Å². The minimum absolute atomic E-state index is 0.0679. The molecule has 6 nitrogen and oxygen atoms in total. The van der Waals surface area contributed by atoms with E-state index in [1.165, 1.54) is 0 Å². The van der Waals surface area contributed by atoms with Crippen molar-refractivity contribution in [1.29, 1.82) is 5.26 Å². The topological polar surface area (TPSA) is 76.4 Å². The Morgan fingerprint density at radius 2 is 1.79 bits per heavy atom. The first kappa shape index (κ1) is 16.5. The van der Waals surface area contributed by atoms with Gasteiger partial charge in [-0.2, -0.15) is 5.26 Å². The standard InChI is InChI=1S/C18H22N4O2/c1-13(17(23)20-16-6-2-14(12-19)3-7-16)21-8-10-22(11-9-21)18(24)15-4-5-15/h2-3,6-7,13,15H,4-5,8-11H2,1H3,(H,20,23)/t13-/m1/s1. The summed E-state index contributed by atoms with van der Waals surface area (Å²) in [7, 11) is 0. The lowest BCUT2D eigenvalue weighted by Gasteiger charge is -2.37. The van der Waals surface area contributed by atoms with E-state index in [0.717, 1.165) is 25.9 Å². The van der Waals surface area contributed by atoms with E-state index in [2.05, 4.69) is 16.3 Å².